The monoisotopic (exact) mass is 241 g/mol. The highest BCUT2D eigenvalue weighted by Gasteiger charge is 2.08. The number of carbonyl (C=O) groups excluding carboxylic acids is 1. The summed E-state index contributed by atoms with van der Waals surface area (Å²) in [5, 5.41) is 0. The van der Waals surface area contributed by atoms with Gasteiger partial charge in [-0.1, -0.05) is 36.4 Å². The number of amides is 1. The predicted octanol–water partition coefficient (Wildman–Crippen LogP) is 2.93. The van der Waals surface area contributed by atoms with Crippen molar-refractivity contribution in [1.29, 1.82) is 0 Å². The summed E-state index contributed by atoms with van der Waals surface area (Å²) in [6.45, 7) is 1.96. The zero-order valence-corrected chi connectivity index (χ0v) is 10.2. The Morgan fingerprint density at radius 1 is 1.11 bits per heavy atom. The first-order chi connectivity index (χ1) is 8.66. The minimum atomic E-state index is -0.451. The number of benzene rings is 2. The second kappa shape index (κ2) is 5.36. The second-order valence-corrected chi connectivity index (χ2v) is 4.06. The van der Waals surface area contributed by atoms with Crippen molar-refractivity contribution >= 4 is 5.91 Å². The number of hydrogen-bond donors (Lipinski definition) is 1. The van der Waals surface area contributed by atoms with Crippen molar-refractivity contribution in [2.24, 2.45) is 5.73 Å². The van der Waals surface area contributed by atoms with Gasteiger partial charge < -0.3 is 10.5 Å². The SMILES string of the molecule is C[C@H](Oc1cccc(C(N)=O)c1)c1ccccc1. The minimum absolute atomic E-state index is 0.0747. The number of hydrogen-bond acceptors (Lipinski definition) is 2. The third-order valence-electron chi connectivity index (χ3n) is 2.70. The molecular formula is C15H15NO2. The molecule has 0 bridgehead atoms. The molecule has 0 aliphatic rings. The molecule has 2 aromatic carbocycles. The smallest absolute Gasteiger partial charge is 0.248 e. The van der Waals surface area contributed by atoms with Gasteiger partial charge in [-0.05, 0) is 30.7 Å². The van der Waals surface area contributed by atoms with Crippen LogP contribution < -0.4 is 10.5 Å². The van der Waals surface area contributed by atoms with E-state index >= 15 is 0 Å². The van der Waals surface area contributed by atoms with Crippen LogP contribution in [0.3, 0.4) is 0 Å². The summed E-state index contributed by atoms with van der Waals surface area (Å²) in [4.78, 5) is 11.1. The number of carbonyl (C=O) groups is 1. The van der Waals surface area contributed by atoms with Crippen molar-refractivity contribution in [2.75, 3.05) is 0 Å². The van der Waals surface area contributed by atoms with Crippen molar-refractivity contribution in [1.82, 2.24) is 0 Å². The minimum Gasteiger partial charge on any atom is -0.486 e. The van der Waals surface area contributed by atoms with Crippen LogP contribution in [0.15, 0.2) is 54.6 Å². The Morgan fingerprint density at radius 2 is 1.83 bits per heavy atom. The lowest BCUT2D eigenvalue weighted by Crippen LogP contribution is -2.11. The third kappa shape index (κ3) is 2.88. The molecule has 0 fully saturated rings. The normalized spacial score (nSPS) is 11.8. The summed E-state index contributed by atoms with van der Waals surface area (Å²) in [6, 6.07) is 16.8. The van der Waals surface area contributed by atoms with Gasteiger partial charge in [-0.2, -0.15) is 0 Å². The van der Waals surface area contributed by atoms with Crippen molar-refractivity contribution < 1.29 is 9.53 Å². The number of primary amides is 1. The highest BCUT2D eigenvalue weighted by atomic mass is 16.5. The van der Waals surface area contributed by atoms with E-state index < -0.39 is 5.91 Å². The molecular weight excluding hydrogens is 226 g/mol. The van der Waals surface area contributed by atoms with E-state index in [1.165, 1.54) is 0 Å². The molecule has 18 heavy (non-hydrogen) atoms. The quantitative estimate of drug-likeness (QED) is 0.894. The lowest BCUT2D eigenvalue weighted by atomic mass is 10.1. The topological polar surface area (TPSA) is 52.3 Å². The number of rotatable bonds is 4. The predicted molar refractivity (Wildman–Crippen MR) is 70.4 cm³/mol. The molecule has 0 saturated carbocycles. The van der Waals surface area contributed by atoms with Crippen molar-refractivity contribution in [3.05, 3.63) is 65.7 Å². The van der Waals surface area contributed by atoms with Crippen LogP contribution in [0.2, 0.25) is 0 Å². The molecule has 0 unspecified atom stereocenters. The fraction of sp³-hybridized carbons (Fsp3) is 0.133. The van der Waals surface area contributed by atoms with Gasteiger partial charge in [-0.25, -0.2) is 0 Å². The molecule has 2 aromatic rings. The van der Waals surface area contributed by atoms with Crippen molar-refractivity contribution in [2.45, 2.75) is 13.0 Å². The highest BCUT2D eigenvalue weighted by molar-refractivity contribution is 5.93. The summed E-state index contributed by atoms with van der Waals surface area (Å²) in [7, 11) is 0. The molecule has 3 nitrogen and oxygen atoms in total. The molecule has 0 aliphatic carbocycles. The maximum absolute atomic E-state index is 11.1. The molecule has 1 amide bonds. The molecule has 0 spiro atoms. The van der Waals surface area contributed by atoms with Crippen LogP contribution in [0.1, 0.15) is 28.9 Å². The molecule has 1 atom stereocenters. The fourth-order valence-corrected chi connectivity index (χ4v) is 1.72. The van der Waals surface area contributed by atoms with E-state index in [0.717, 1.165) is 5.56 Å². The first kappa shape index (κ1) is 12.2. The maximum atomic E-state index is 11.1. The van der Waals surface area contributed by atoms with Gasteiger partial charge in [-0.3, -0.25) is 4.79 Å². The summed E-state index contributed by atoms with van der Waals surface area (Å²) < 4.78 is 5.78. The lowest BCUT2D eigenvalue weighted by Gasteiger charge is -2.15. The van der Waals surface area contributed by atoms with Crippen LogP contribution in [0.5, 0.6) is 5.75 Å². The molecule has 0 aliphatic heterocycles. The standard InChI is InChI=1S/C15H15NO2/c1-11(12-6-3-2-4-7-12)18-14-9-5-8-13(10-14)15(16)17/h2-11H,1H3,(H2,16,17)/t11-/m0/s1. The third-order valence-corrected chi connectivity index (χ3v) is 2.70. The van der Waals surface area contributed by atoms with Crippen LogP contribution in [0, 0.1) is 0 Å². The average Bonchev–Trinajstić information content (AvgIpc) is 2.40. The van der Waals surface area contributed by atoms with E-state index in [4.69, 9.17) is 10.5 Å². The number of ether oxygens (including phenoxy) is 1. The Bertz CT molecular complexity index is 537. The molecule has 0 aromatic heterocycles. The van der Waals surface area contributed by atoms with Gasteiger partial charge in [-0.15, -0.1) is 0 Å². The van der Waals surface area contributed by atoms with E-state index in [9.17, 15) is 4.79 Å². The summed E-state index contributed by atoms with van der Waals surface area (Å²) in [5.41, 5.74) is 6.77. The lowest BCUT2D eigenvalue weighted by molar-refractivity contribution is 0.0999. The largest absolute Gasteiger partial charge is 0.486 e. The van der Waals surface area contributed by atoms with Gasteiger partial charge in [0.1, 0.15) is 11.9 Å². The molecule has 0 radical (unpaired) electrons. The molecule has 3 heteroatoms. The second-order valence-electron chi connectivity index (χ2n) is 4.06. The molecule has 0 saturated heterocycles. The Morgan fingerprint density at radius 3 is 2.50 bits per heavy atom. The van der Waals surface area contributed by atoms with Gasteiger partial charge in [0.15, 0.2) is 0 Å². The highest BCUT2D eigenvalue weighted by Crippen LogP contribution is 2.22. The zero-order valence-electron chi connectivity index (χ0n) is 10.2. The number of nitrogens with two attached hydrogens (primary N) is 1. The summed E-state index contributed by atoms with van der Waals surface area (Å²) in [6.07, 6.45) is -0.0747. The van der Waals surface area contributed by atoms with E-state index in [1.54, 1.807) is 18.2 Å². The van der Waals surface area contributed by atoms with Crippen LogP contribution in [-0.2, 0) is 0 Å². The Kier molecular flexibility index (Phi) is 3.63. The molecule has 0 heterocycles. The van der Waals surface area contributed by atoms with E-state index in [1.807, 2.05) is 43.3 Å². The van der Waals surface area contributed by atoms with Gasteiger partial charge in [0.2, 0.25) is 5.91 Å². The van der Waals surface area contributed by atoms with Gasteiger partial charge in [0.05, 0.1) is 0 Å². The fourth-order valence-electron chi connectivity index (χ4n) is 1.72. The first-order valence-corrected chi connectivity index (χ1v) is 5.78. The van der Waals surface area contributed by atoms with Gasteiger partial charge in [0, 0.05) is 5.56 Å². The van der Waals surface area contributed by atoms with Crippen LogP contribution >= 0.6 is 0 Å². The summed E-state index contributed by atoms with van der Waals surface area (Å²) >= 11 is 0. The van der Waals surface area contributed by atoms with Gasteiger partial charge in [0.25, 0.3) is 0 Å². The van der Waals surface area contributed by atoms with Gasteiger partial charge >= 0.3 is 0 Å². The Hall–Kier alpha value is -2.29. The average molecular weight is 241 g/mol. The van der Waals surface area contributed by atoms with Crippen LogP contribution in [-0.4, -0.2) is 5.91 Å². The van der Waals surface area contributed by atoms with E-state index in [-0.39, 0.29) is 6.10 Å². The maximum Gasteiger partial charge on any atom is 0.248 e. The molecule has 92 valence electrons. The van der Waals surface area contributed by atoms with Crippen LogP contribution in [0.4, 0.5) is 0 Å². The van der Waals surface area contributed by atoms with E-state index in [0.29, 0.717) is 11.3 Å². The van der Waals surface area contributed by atoms with Crippen molar-refractivity contribution in [3.63, 3.8) is 0 Å². The first-order valence-electron chi connectivity index (χ1n) is 5.78. The Labute approximate surface area is 106 Å². The zero-order chi connectivity index (χ0) is 13.0. The summed E-state index contributed by atoms with van der Waals surface area (Å²) in [5.74, 6) is 0.190. The van der Waals surface area contributed by atoms with E-state index in [2.05, 4.69) is 0 Å². The van der Waals surface area contributed by atoms with Crippen molar-refractivity contribution in [3.8, 4) is 5.75 Å². The molecule has 2 N–H and O–H groups in total. The Balaban J connectivity index is 2.14. The molecule has 2 rings (SSSR count). The van der Waals surface area contributed by atoms with Crippen LogP contribution in [0.25, 0.3) is 0 Å².